The van der Waals surface area contributed by atoms with E-state index in [0.29, 0.717) is 24.8 Å². The van der Waals surface area contributed by atoms with Crippen LogP contribution in [0.4, 0.5) is 4.39 Å². The van der Waals surface area contributed by atoms with E-state index in [1.165, 1.54) is 12.2 Å². The molecule has 3 saturated carbocycles. The number of fused-ring (bicyclic) bond motifs is 5. The molecular formula is C24H31FO7S. The zero-order valence-electron chi connectivity index (χ0n) is 19.0. The summed E-state index contributed by atoms with van der Waals surface area (Å²) in [4.78, 5) is 36.6. The molecule has 4 aliphatic carbocycles. The van der Waals surface area contributed by atoms with Crippen molar-refractivity contribution in [1.82, 2.24) is 0 Å². The molecule has 9 heteroatoms. The number of ketones is 2. The first-order valence-corrected chi connectivity index (χ1v) is 12.3. The Balaban J connectivity index is 1.81. The van der Waals surface area contributed by atoms with E-state index < -0.39 is 64.3 Å². The molecule has 33 heavy (non-hydrogen) atoms. The van der Waals surface area contributed by atoms with Gasteiger partial charge in [-0.25, -0.2) is 4.39 Å². The van der Waals surface area contributed by atoms with Crippen molar-refractivity contribution >= 4 is 29.3 Å². The highest BCUT2D eigenvalue weighted by Crippen LogP contribution is 2.71. The van der Waals surface area contributed by atoms with Gasteiger partial charge in [0.2, 0.25) is 0 Å². The number of hydrogen-bond donors (Lipinski definition) is 4. The van der Waals surface area contributed by atoms with Crippen molar-refractivity contribution in [3.63, 3.8) is 0 Å². The predicted molar refractivity (Wildman–Crippen MR) is 119 cm³/mol. The number of halogens is 1. The molecule has 0 amide bonds. The summed E-state index contributed by atoms with van der Waals surface area (Å²) in [6, 6.07) is 0. The fourth-order valence-electron chi connectivity index (χ4n) is 7.65. The summed E-state index contributed by atoms with van der Waals surface area (Å²) in [5, 5.41) is 41.4. The number of carboxylic acids is 1. The van der Waals surface area contributed by atoms with Gasteiger partial charge in [-0.3, -0.25) is 14.4 Å². The number of Topliss-reactive ketones (excluding diaryl/α,β-unsaturated/α-hetero) is 1. The minimum atomic E-state index is -2.16. The smallest absolute Gasteiger partial charge is 0.313 e. The number of thioether (sulfide) groups is 1. The highest BCUT2D eigenvalue weighted by Gasteiger charge is 2.75. The van der Waals surface area contributed by atoms with Gasteiger partial charge in [-0.1, -0.05) is 19.9 Å². The van der Waals surface area contributed by atoms with Crippen LogP contribution in [-0.2, 0) is 14.4 Å². The van der Waals surface area contributed by atoms with Gasteiger partial charge in [0, 0.05) is 16.7 Å². The Morgan fingerprint density at radius 3 is 2.55 bits per heavy atom. The van der Waals surface area contributed by atoms with Crippen molar-refractivity contribution in [3.8, 4) is 0 Å². The van der Waals surface area contributed by atoms with Gasteiger partial charge in [0.15, 0.2) is 17.2 Å². The highest BCUT2D eigenvalue weighted by atomic mass is 32.2. The lowest BCUT2D eigenvalue weighted by Gasteiger charge is -2.62. The molecule has 0 aromatic heterocycles. The number of carbonyl (C=O) groups excluding carboxylic acids is 2. The van der Waals surface area contributed by atoms with Gasteiger partial charge >= 0.3 is 5.97 Å². The molecule has 3 unspecified atom stereocenters. The maximum atomic E-state index is 17.3. The minimum absolute atomic E-state index is 0.167. The lowest BCUT2D eigenvalue weighted by Crippen LogP contribution is -2.69. The van der Waals surface area contributed by atoms with Crippen LogP contribution in [-0.4, -0.2) is 67.7 Å². The van der Waals surface area contributed by atoms with Crippen molar-refractivity contribution in [2.75, 3.05) is 12.4 Å². The van der Waals surface area contributed by atoms with Crippen LogP contribution in [0.3, 0.4) is 0 Å². The summed E-state index contributed by atoms with van der Waals surface area (Å²) >= 11 is 0.881. The number of hydrogen-bond acceptors (Lipinski definition) is 7. The first-order chi connectivity index (χ1) is 15.3. The Labute approximate surface area is 196 Å². The number of allylic oxidation sites excluding steroid dienone is 4. The fraction of sp³-hybridized carbons (Fsp3) is 0.708. The highest BCUT2D eigenvalue weighted by molar-refractivity contribution is 8.04. The molecule has 0 radical (unpaired) electrons. The second kappa shape index (κ2) is 7.73. The summed E-state index contributed by atoms with van der Waals surface area (Å²) in [5.41, 5.74) is -5.96. The first-order valence-electron chi connectivity index (χ1n) is 11.3. The van der Waals surface area contributed by atoms with E-state index in [2.05, 4.69) is 0 Å². The predicted octanol–water partition coefficient (Wildman–Crippen LogP) is 2.04. The van der Waals surface area contributed by atoms with E-state index in [4.69, 9.17) is 5.11 Å². The first kappa shape index (κ1) is 24.6. The minimum Gasteiger partial charge on any atom is -0.481 e. The third-order valence-electron chi connectivity index (χ3n) is 9.24. The lowest BCUT2D eigenvalue weighted by atomic mass is 9.44. The van der Waals surface area contributed by atoms with E-state index in [9.17, 15) is 29.7 Å². The summed E-state index contributed by atoms with van der Waals surface area (Å²) in [6.45, 7) is 4.25. The average Bonchev–Trinajstić information content (AvgIpc) is 2.95. The zero-order chi connectivity index (χ0) is 24.6. The summed E-state index contributed by atoms with van der Waals surface area (Å²) in [7, 11) is 0. The van der Waals surface area contributed by atoms with Gasteiger partial charge in [0.25, 0.3) is 0 Å². The normalized spacial score (nSPS) is 46.6. The number of aliphatic carboxylic acids is 1. The Kier molecular flexibility index (Phi) is 5.76. The molecule has 4 N–H and O–H groups in total. The number of aliphatic hydroxyl groups excluding tert-OH is 2. The third kappa shape index (κ3) is 2.95. The van der Waals surface area contributed by atoms with Gasteiger partial charge in [-0.2, -0.15) is 0 Å². The van der Waals surface area contributed by atoms with Crippen molar-refractivity contribution in [1.29, 1.82) is 0 Å². The molecule has 8 atom stereocenters. The van der Waals surface area contributed by atoms with Crippen molar-refractivity contribution in [3.05, 3.63) is 22.6 Å². The van der Waals surface area contributed by atoms with E-state index in [0.717, 1.165) is 11.8 Å². The number of carbonyl (C=O) groups is 3. The van der Waals surface area contributed by atoms with Crippen molar-refractivity contribution < 1.29 is 39.2 Å². The molecule has 0 spiro atoms. The molecule has 0 bridgehead atoms. The number of rotatable bonds is 5. The standard InChI is InChI=1S/C24H31FO7S/c1-12-8-15-13-4-5-14-20(33-11-19(30)31)16(27)6-7-21(14,2)23(13,25)17(28)9-22(15,3)24(12,32)18(29)10-26/h6-7,12-13,15,17,26,28,32H,4-5,8-11H2,1-3H3,(H,30,31)/t12-,13?,15?,17-,21-,22-,23?,24-/m0/s1. The second-order valence-electron chi connectivity index (χ2n) is 10.5. The van der Waals surface area contributed by atoms with E-state index >= 15 is 4.39 Å². The number of carboxylic acid groups (broad SMARTS) is 1. The molecule has 3 fully saturated rings. The molecule has 0 saturated heterocycles. The van der Waals surface area contributed by atoms with Crippen LogP contribution in [0.1, 0.15) is 46.5 Å². The summed E-state index contributed by atoms with van der Waals surface area (Å²) < 4.78 is 17.3. The average molecular weight is 483 g/mol. The monoisotopic (exact) mass is 482 g/mol. The SMILES string of the molecule is C[C@H]1CC2C3CCC4=C(SCC(=O)O)C(=O)C=C[C@]4(C)C3(F)[C@@H](O)C[C@]2(C)[C@@]1(O)C(=O)CO. The van der Waals surface area contributed by atoms with Gasteiger partial charge in [-0.05, 0) is 56.1 Å². The molecule has 0 heterocycles. The Bertz CT molecular complexity index is 978. The topological polar surface area (TPSA) is 132 Å². The summed E-state index contributed by atoms with van der Waals surface area (Å²) in [6.07, 6.45) is 2.09. The Morgan fingerprint density at radius 2 is 1.94 bits per heavy atom. The fourth-order valence-corrected chi connectivity index (χ4v) is 8.61. The van der Waals surface area contributed by atoms with E-state index in [1.807, 2.05) is 0 Å². The van der Waals surface area contributed by atoms with Crippen LogP contribution in [0.2, 0.25) is 0 Å². The van der Waals surface area contributed by atoms with Gasteiger partial charge in [-0.15, -0.1) is 11.8 Å². The zero-order valence-corrected chi connectivity index (χ0v) is 19.8. The van der Waals surface area contributed by atoms with Crippen LogP contribution >= 0.6 is 11.8 Å². The van der Waals surface area contributed by atoms with Gasteiger partial charge in [0.1, 0.15) is 12.2 Å². The molecule has 7 nitrogen and oxygen atoms in total. The van der Waals surface area contributed by atoms with E-state index in [-0.39, 0.29) is 22.9 Å². The van der Waals surface area contributed by atoms with Gasteiger partial charge < -0.3 is 20.4 Å². The number of aliphatic hydroxyl groups is 3. The maximum Gasteiger partial charge on any atom is 0.313 e. The van der Waals surface area contributed by atoms with E-state index in [1.54, 1.807) is 20.8 Å². The maximum absolute atomic E-state index is 17.3. The molecule has 0 aliphatic heterocycles. The van der Waals surface area contributed by atoms with Crippen LogP contribution in [0, 0.1) is 28.6 Å². The largest absolute Gasteiger partial charge is 0.481 e. The van der Waals surface area contributed by atoms with Crippen LogP contribution in [0.15, 0.2) is 22.6 Å². The molecule has 0 aromatic carbocycles. The number of alkyl halides is 1. The molecule has 0 aromatic rings. The Hall–Kier alpha value is -1.55. The second-order valence-corrected chi connectivity index (χ2v) is 11.5. The quantitative estimate of drug-likeness (QED) is 0.468. The Morgan fingerprint density at radius 1 is 1.27 bits per heavy atom. The molecule has 4 aliphatic rings. The third-order valence-corrected chi connectivity index (χ3v) is 10.4. The van der Waals surface area contributed by atoms with Crippen LogP contribution in [0.25, 0.3) is 0 Å². The van der Waals surface area contributed by atoms with Gasteiger partial charge in [0.05, 0.1) is 16.8 Å². The molecule has 4 rings (SSSR count). The van der Waals surface area contributed by atoms with Crippen molar-refractivity contribution in [2.45, 2.75) is 63.8 Å². The molecule has 182 valence electrons. The summed E-state index contributed by atoms with van der Waals surface area (Å²) in [5.74, 6) is -4.10. The molecular weight excluding hydrogens is 451 g/mol. The lowest BCUT2D eigenvalue weighted by molar-refractivity contribution is -0.219. The van der Waals surface area contributed by atoms with Crippen molar-refractivity contribution in [2.24, 2.45) is 28.6 Å². The van der Waals surface area contributed by atoms with Crippen LogP contribution < -0.4 is 0 Å². The van der Waals surface area contributed by atoms with Crippen LogP contribution in [0.5, 0.6) is 0 Å².